The third kappa shape index (κ3) is 4.07. The predicted octanol–water partition coefficient (Wildman–Crippen LogP) is 2.36. The van der Waals surface area contributed by atoms with E-state index in [0.717, 1.165) is 0 Å². The highest BCUT2D eigenvalue weighted by molar-refractivity contribution is 6.10. The Morgan fingerprint density at radius 1 is 1.18 bits per heavy atom. The summed E-state index contributed by atoms with van der Waals surface area (Å²) in [6, 6.07) is 13.1. The quantitative estimate of drug-likeness (QED) is 0.606. The summed E-state index contributed by atoms with van der Waals surface area (Å²) >= 11 is 0. The number of aromatic hydroxyl groups is 1. The number of ketones is 1. The van der Waals surface area contributed by atoms with Crippen LogP contribution in [0.25, 0.3) is 0 Å². The Hall–Kier alpha value is -2.37. The van der Waals surface area contributed by atoms with Gasteiger partial charge in [0.25, 0.3) is 0 Å². The molecule has 0 aliphatic heterocycles. The first-order chi connectivity index (χ1) is 10.6. The lowest BCUT2D eigenvalue weighted by Crippen LogP contribution is -2.20. The van der Waals surface area contributed by atoms with Crippen molar-refractivity contribution < 1.29 is 24.5 Å². The average Bonchev–Trinajstić information content (AvgIpc) is 2.53. The van der Waals surface area contributed by atoms with Crippen molar-refractivity contribution in [1.29, 1.82) is 0 Å². The van der Waals surface area contributed by atoms with Gasteiger partial charge in [0.15, 0.2) is 12.1 Å². The van der Waals surface area contributed by atoms with Gasteiger partial charge >= 0.3 is 0 Å². The number of rotatable bonds is 7. The Bertz CT molecular complexity index is 624. The summed E-state index contributed by atoms with van der Waals surface area (Å²) in [5.41, 5.74) is 0.696. The molecular weight excluding hydrogens is 284 g/mol. The zero-order valence-electron chi connectivity index (χ0n) is 12.2. The molecule has 2 aromatic carbocycles. The Morgan fingerprint density at radius 3 is 2.55 bits per heavy atom. The summed E-state index contributed by atoms with van der Waals surface area (Å²) in [6.45, 7) is 2.08. The van der Waals surface area contributed by atoms with Crippen LogP contribution in [-0.4, -0.2) is 35.5 Å². The van der Waals surface area contributed by atoms with Gasteiger partial charge < -0.3 is 19.7 Å². The van der Waals surface area contributed by atoms with Gasteiger partial charge in [0, 0.05) is 18.2 Å². The fourth-order valence-corrected chi connectivity index (χ4v) is 1.95. The Morgan fingerprint density at radius 2 is 1.91 bits per heavy atom. The van der Waals surface area contributed by atoms with Crippen LogP contribution in [0.2, 0.25) is 0 Å². The second kappa shape index (κ2) is 7.59. The number of aliphatic hydroxyl groups is 1. The molecule has 0 bridgehead atoms. The molecule has 0 aliphatic carbocycles. The summed E-state index contributed by atoms with van der Waals surface area (Å²) in [5.74, 6) is -0.0860. The van der Waals surface area contributed by atoms with E-state index >= 15 is 0 Å². The van der Waals surface area contributed by atoms with Crippen molar-refractivity contribution in [3.05, 3.63) is 59.7 Å². The topological polar surface area (TPSA) is 76.0 Å². The minimum Gasteiger partial charge on any atom is -0.507 e. The van der Waals surface area contributed by atoms with Crippen LogP contribution in [0.5, 0.6) is 11.5 Å². The van der Waals surface area contributed by atoms with Crippen LogP contribution < -0.4 is 4.74 Å². The number of aliphatic hydroxyl groups excluding tert-OH is 1. The van der Waals surface area contributed by atoms with E-state index in [1.165, 1.54) is 12.1 Å². The standard InChI is InChI=1S/C17H18O5/c1-2-21-16(19)11-22-13-8-9-14(15(18)10-13)17(20)12-6-4-3-5-7-12/h3-10,16,18-19H,2,11H2,1H3. The Labute approximate surface area is 128 Å². The van der Waals surface area contributed by atoms with Crippen molar-refractivity contribution >= 4 is 5.78 Å². The molecule has 0 radical (unpaired) electrons. The van der Waals surface area contributed by atoms with Gasteiger partial charge in [-0.2, -0.15) is 0 Å². The normalized spacial score (nSPS) is 11.9. The molecule has 0 heterocycles. The van der Waals surface area contributed by atoms with Gasteiger partial charge in [0.2, 0.25) is 0 Å². The molecule has 2 rings (SSSR count). The lowest BCUT2D eigenvalue weighted by Gasteiger charge is -2.13. The van der Waals surface area contributed by atoms with Crippen LogP contribution in [0.15, 0.2) is 48.5 Å². The van der Waals surface area contributed by atoms with Crippen molar-refractivity contribution in [1.82, 2.24) is 0 Å². The summed E-state index contributed by atoms with van der Waals surface area (Å²) in [5, 5.41) is 19.4. The van der Waals surface area contributed by atoms with E-state index in [9.17, 15) is 15.0 Å². The van der Waals surface area contributed by atoms with Crippen molar-refractivity contribution in [3.63, 3.8) is 0 Å². The molecule has 116 valence electrons. The minimum absolute atomic E-state index is 0.0563. The molecule has 0 saturated heterocycles. The lowest BCUT2D eigenvalue weighted by molar-refractivity contribution is -0.115. The van der Waals surface area contributed by atoms with Crippen LogP contribution in [0.3, 0.4) is 0 Å². The maximum atomic E-state index is 12.3. The third-order valence-electron chi connectivity index (χ3n) is 3.00. The molecule has 0 amide bonds. The smallest absolute Gasteiger partial charge is 0.196 e. The van der Waals surface area contributed by atoms with E-state index < -0.39 is 6.29 Å². The van der Waals surface area contributed by atoms with Gasteiger partial charge in [-0.05, 0) is 19.1 Å². The number of carbonyl (C=O) groups is 1. The van der Waals surface area contributed by atoms with Gasteiger partial charge in [-0.15, -0.1) is 0 Å². The Balaban J connectivity index is 2.08. The average molecular weight is 302 g/mol. The van der Waals surface area contributed by atoms with Crippen LogP contribution in [0, 0.1) is 0 Å². The van der Waals surface area contributed by atoms with Crippen molar-refractivity contribution in [2.24, 2.45) is 0 Å². The summed E-state index contributed by atoms with van der Waals surface area (Å²) < 4.78 is 10.2. The molecule has 1 unspecified atom stereocenters. The maximum Gasteiger partial charge on any atom is 0.196 e. The number of benzene rings is 2. The van der Waals surface area contributed by atoms with Gasteiger partial charge in [-0.25, -0.2) is 0 Å². The van der Waals surface area contributed by atoms with Crippen LogP contribution in [0.1, 0.15) is 22.8 Å². The largest absolute Gasteiger partial charge is 0.507 e. The van der Waals surface area contributed by atoms with Gasteiger partial charge in [-0.1, -0.05) is 30.3 Å². The zero-order chi connectivity index (χ0) is 15.9. The summed E-state index contributed by atoms with van der Waals surface area (Å²) in [7, 11) is 0. The van der Waals surface area contributed by atoms with Crippen molar-refractivity contribution in [3.8, 4) is 11.5 Å². The highest BCUT2D eigenvalue weighted by Gasteiger charge is 2.14. The molecule has 5 heteroatoms. The number of hydrogen-bond acceptors (Lipinski definition) is 5. The van der Waals surface area contributed by atoms with Crippen LogP contribution in [-0.2, 0) is 4.74 Å². The second-order valence-corrected chi connectivity index (χ2v) is 4.60. The molecular formula is C17H18O5. The first kappa shape index (κ1) is 16.0. The van der Waals surface area contributed by atoms with E-state index in [1.807, 2.05) is 6.07 Å². The zero-order valence-corrected chi connectivity index (χ0v) is 12.2. The SMILES string of the molecule is CCOC(O)COc1ccc(C(=O)c2ccccc2)c(O)c1. The molecule has 5 nitrogen and oxygen atoms in total. The summed E-state index contributed by atoms with van der Waals surface area (Å²) in [6.07, 6.45) is -1.03. The first-order valence-corrected chi connectivity index (χ1v) is 6.97. The number of phenolic OH excluding ortho intramolecular Hbond substituents is 1. The van der Waals surface area contributed by atoms with E-state index in [1.54, 1.807) is 37.3 Å². The molecule has 0 spiro atoms. The highest BCUT2D eigenvalue weighted by Crippen LogP contribution is 2.26. The number of phenols is 1. The number of ether oxygens (including phenoxy) is 2. The highest BCUT2D eigenvalue weighted by atomic mass is 16.6. The molecule has 2 N–H and O–H groups in total. The van der Waals surface area contributed by atoms with Crippen LogP contribution >= 0.6 is 0 Å². The molecule has 0 aromatic heterocycles. The molecule has 0 fully saturated rings. The molecule has 0 aliphatic rings. The van der Waals surface area contributed by atoms with Crippen molar-refractivity contribution in [2.45, 2.75) is 13.2 Å². The van der Waals surface area contributed by atoms with Crippen molar-refractivity contribution in [2.75, 3.05) is 13.2 Å². The number of carbonyl (C=O) groups excluding carboxylic acids is 1. The third-order valence-corrected chi connectivity index (χ3v) is 3.00. The fourth-order valence-electron chi connectivity index (χ4n) is 1.95. The van der Waals surface area contributed by atoms with Gasteiger partial charge in [0.1, 0.15) is 18.1 Å². The lowest BCUT2D eigenvalue weighted by atomic mass is 10.0. The Kier molecular flexibility index (Phi) is 5.52. The molecule has 0 saturated carbocycles. The van der Waals surface area contributed by atoms with E-state index in [0.29, 0.717) is 17.9 Å². The molecule has 2 aromatic rings. The fraction of sp³-hybridized carbons (Fsp3) is 0.235. The van der Waals surface area contributed by atoms with Gasteiger partial charge in [-0.3, -0.25) is 4.79 Å². The van der Waals surface area contributed by atoms with E-state index in [4.69, 9.17) is 9.47 Å². The number of hydrogen-bond donors (Lipinski definition) is 2. The van der Waals surface area contributed by atoms with E-state index in [-0.39, 0.29) is 23.7 Å². The summed E-state index contributed by atoms with van der Waals surface area (Å²) in [4.78, 5) is 12.3. The van der Waals surface area contributed by atoms with Crippen LogP contribution in [0.4, 0.5) is 0 Å². The first-order valence-electron chi connectivity index (χ1n) is 6.97. The molecule has 1 atom stereocenters. The predicted molar refractivity (Wildman–Crippen MR) is 81.1 cm³/mol. The monoisotopic (exact) mass is 302 g/mol. The van der Waals surface area contributed by atoms with E-state index in [2.05, 4.69) is 0 Å². The molecule has 22 heavy (non-hydrogen) atoms. The maximum absolute atomic E-state index is 12.3. The minimum atomic E-state index is -1.03. The second-order valence-electron chi connectivity index (χ2n) is 4.60. The van der Waals surface area contributed by atoms with Gasteiger partial charge in [0.05, 0.1) is 5.56 Å².